The molecule has 2 rings (SSSR count). The lowest BCUT2D eigenvalue weighted by atomic mass is 9.65. The maximum atomic E-state index is 11.8. The van der Waals surface area contributed by atoms with E-state index in [0.29, 0.717) is 11.3 Å². The summed E-state index contributed by atoms with van der Waals surface area (Å²) in [5.41, 5.74) is 6.05. The molecule has 0 spiro atoms. The maximum absolute atomic E-state index is 11.8. The van der Waals surface area contributed by atoms with Crippen molar-refractivity contribution in [1.29, 1.82) is 0 Å². The number of nitro groups is 1. The number of hydrogen-bond donors (Lipinski definition) is 2. The van der Waals surface area contributed by atoms with Crippen LogP contribution in [-0.2, 0) is 4.79 Å². The molecule has 0 heterocycles. The molecule has 3 N–H and O–H groups in total. The average molecular weight is 292 g/mol. The summed E-state index contributed by atoms with van der Waals surface area (Å²) in [6, 6.07) is 4.05. The van der Waals surface area contributed by atoms with Crippen molar-refractivity contribution in [2.45, 2.75) is 44.9 Å². The Kier molecular flexibility index (Phi) is 4.16. The topological polar surface area (TPSA) is 106 Å². The van der Waals surface area contributed by atoms with Gasteiger partial charge in [0.25, 0.3) is 5.69 Å². The van der Waals surface area contributed by atoms with Crippen molar-refractivity contribution < 1.29 is 14.8 Å². The van der Waals surface area contributed by atoms with Crippen molar-refractivity contribution in [2.24, 2.45) is 5.41 Å². The lowest BCUT2D eigenvalue weighted by Crippen LogP contribution is -2.34. The average Bonchev–Trinajstić information content (AvgIpc) is 2.41. The third-order valence-electron chi connectivity index (χ3n) is 4.53. The minimum absolute atomic E-state index is 0.121. The molecular weight excluding hydrogens is 272 g/mol. The fraction of sp³-hybridized carbons (Fsp3) is 0.533. The molecule has 0 amide bonds. The fourth-order valence-electron chi connectivity index (χ4n) is 3.38. The van der Waals surface area contributed by atoms with Gasteiger partial charge in [0.15, 0.2) is 0 Å². The zero-order valence-corrected chi connectivity index (χ0v) is 12.0. The third-order valence-corrected chi connectivity index (χ3v) is 4.53. The Bertz CT molecular complexity index is 565. The molecule has 0 aliphatic heterocycles. The first-order valence-corrected chi connectivity index (χ1v) is 7.12. The van der Waals surface area contributed by atoms with Gasteiger partial charge in [-0.15, -0.1) is 0 Å². The van der Waals surface area contributed by atoms with Crippen LogP contribution in [0.25, 0.3) is 0 Å². The molecule has 1 aliphatic rings. The van der Waals surface area contributed by atoms with Gasteiger partial charge in [0.2, 0.25) is 0 Å². The lowest BCUT2D eigenvalue weighted by molar-refractivity contribution is -0.384. The van der Waals surface area contributed by atoms with Crippen LogP contribution in [-0.4, -0.2) is 16.0 Å². The summed E-state index contributed by atoms with van der Waals surface area (Å²) in [5.74, 6) is -1.77. The Morgan fingerprint density at radius 3 is 2.52 bits per heavy atom. The number of aliphatic carboxylic acids is 1. The highest BCUT2D eigenvalue weighted by atomic mass is 16.6. The van der Waals surface area contributed by atoms with Crippen LogP contribution in [0.1, 0.15) is 50.5 Å². The number of nitrogens with zero attached hydrogens (tertiary/aromatic N) is 1. The highest BCUT2D eigenvalue weighted by Crippen LogP contribution is 2.48. The number of carboxylic acids is 1. The van der Waals surface area contributed by atoms with Crippen molar-refractivity contribution in [2.75, 3.05) is 5.73 Å². The number of nitrogen functional groups attached to an aromatic ring is 1. The van der Waals surface area contributed by atoms with E-state index in [1.165, 1.54) is 18.2 Å². The monoisotopic (exact) mass is 292 g/mol. The van der Waals surface area contributed by atoms with E-state index in [1.54, 1.807) is 0 Å². The summed E-state index contributed by atoms with van der Waals surface area (Å²) >= 11 is 0. The van der Waals surface area contributed by atoms with Crippen LogP contribution in [0, 0.1) is 15.5 Å². The molecule has 1 saturated carbocycles. The molecular formula is C15H20N2O4. The predicted molar refractivity (Wildman–Crippen MR) is 79.1 cm³/mol. The van der Waals surface area contributed by atoms with E-state index >= 15 is 0 Å². The largest absolute Gasteiger partial charge is 0.481 e. The van der Waals surface area contributed by atoms with Crippen LogP contribution in [0.4, 0.5) is 11.4 Å². The number of benzene rings is 1. The summed E-state index contributed by atoms with van der Waals surface area (Å²) in [6.45, 7) is 1.95. The van der Waals surface area contributed by atoms with Crippen LogP contribution < -0.4 is 5.73 Å². The Morgan fingerprint density at radius 1 is 1.38 bits per heavy atom. The second kappa shape index (κ2) is 5.71. The minimum atomic E-state index is -0.966. The number of anilines is 1. The van der Waals surface area contributed by atoms with Crippen LogP contribution in [0.3, 0.4) is 0 Å². The number of hydrogen-bond acceptors (Lipinski definition) is 4. The molecule has 0 bridgehead atoms. The first kappa shape index (κ1) is 15.3. The van der Waals surface area contributed by atoms with E-state index in [0.717, 1.165) is 32.1 Å². The molecule has 21 heavy (non-hydrogen) atoms. The normalized spacial score (nSPS) is 18.9. The molecule has 0 saturated heterocycles. The molecule has 6 nitrogen and oxygen atoms in total. The Morgan fingerprint density at radius 2 is 2.00 bits per heavy atom. The SMILES string of the molecule is CC1(C(C(=O)O)c2cc([N+](=O)[O-])ccc2N)CCCCC1. The summed E-state index contributed by atoms with van der Waals surface area (Å²) in [6.07, 6.45) is 4.66. The van der Waals surface area contributed by atoms with Crippen molar-refractivity contribution >= 4 is 17.3 Å². The van der Waals surface area contributed by atoms with E-state index in [9.17, 15) is 20.0 Å². The Hall–Kier alpha value is -2.11. The van der Waals surface area contributed by atoms with E-state index in [4.69, 9.17) is 5.73 Å². The van der Waals surface area contributed by atoms with Crippen LogP contribution in [0.5, 0.6) is 0 Å². The van der Waals surface area contributed by atoms with Crippen LogP contribution in [0.2, 0.25) is 0 Å². The molecule has 0 aromatic heterocycles. The van der Waals surface area contributed by atoms with E-state index < -0.39 is 22.2 Å². The Labute approximate surface area is 123 Å². The zero-order valence-electron chi connectivity index (χ0n) is 12.0. The van der Waals surface area contributed by atoms with Crippen LogP contribution in [0.15, 0.2) is 18.2 Å². The summed E-state index contributed by atoms with van der Waals surface area (Å²) in [4.78, 5) is 22.2. The highest BCUT2D eigenvalue weighted by molar-refractivity contribution is 5.80. The number of carboxylic acid groups (broad SMARTS) is 1. The number of non-ortho nitro benzene ring substituents is 1. The third kappa shape index (κ3) is 2.99. The summed E-state index contributed by atoms with van der Waals surface area (Å²) < 4.78 is 0. The van der Waals surface area contributed by atoms with Gasteiger partial charge in [-0.05, 0) is 29.9 Å². The smallest absolute Gasteiger partial charge is 0.311 e. The van der Waals surface area contributed by atoms with Gasteiger partial charge < -0.3 is 10.8 Å². The molecule has 1 aromatic carbocycles. The molecule has 1 atom stereocenters. The predicted octanol–water partition coefficient (Wildman–Crippen LogP) is 3.32. The molecule has 1 unspecified atom stereocenters. The van der Waals surface area contributed by atoms with Gasteiger partial charge in [0.05, 0.1) is 10.8 Å². The van der Waals surface area contributed by atoms with E-state index in [-0.39, 0.29) is 5.69 Å². The summed E-state index contributed by atoms with van der Waals surface area (Å²) in [7, 11) is 0. The fourth-order valence-corrected chi connectivity index (χ4v) is 3.38. The summed E-state index contributed by atoms with van der Waals surface area (Å²) in [5, 5.41) is 20.6. The van der Waals surface area contributed by atoms with Gasteiger partial charge in [-0.1, -0.05) is 26.2 Å². The van der Waals surface area contributed by atoms with E-state index in [1.807, 2.05) is 6.92 Å². The van der Waals surface area contributed by atoms with Gasteiger partial charge in [0.1, 0.15) is 0 Å². The van der Waals surface area contributed by atoms with Crippen LogP contribution >= 0.6 is 0 Å². The number of nitro benzene ring substituents is 1. The Balaban J connectivity index is 2.50. The molecule has 1 fully saturated rings. The highest BCUT2D eigenvalue weighted by Gasteiger charge is 2.42. The zero-order chi connectivity index (χ0) is 15.6. The number of rotatable bonds is 4. The van der Waals surface area contributed by atoms with Crippen molar-refractivity contribution in [3.63, 3.8) is 0 Å². The number of carbonyl (C=O) groups is 1. The molecule has 1 aromatic rings. The molecule has 1 aliphatic carbocycles. The van der Waals surface area contributed by atoms with Gasteiger partial charge in [-0.3, -0.25) is 14.9 Å². The van der Waals surface area contributed by atoms with Gasteiger partial charge in [-0.2, -0.15) is 0 Å². The van der Waals surface area contributed by atoms with Gasteiger partial charge in [-0.25, -0.2) is 0 Å². The standard InChI is InChI=1S/C15H20N2O4/c1-15(7-3-2-4-8-15)13(14(18)19)11-9-10(17(20)21)5-6-12(11)16/h5-6,9,13H,2-4,7-8,16H2,1H3,(H,18,19). The number of nitrogens with two attached hydrogens (primary N) is 1. The second-order valence-electron chi connectivity index (χ2n) is 6.06. The van der Waals surface area contributed by atoms with Crippen molar-refractivity contribution in [1.82, 2.24) is 0 Å². The van der Waals surface area contributed by atoms with Crippen molar-refractivity contribution in [3.05, 3.63) is 33.9 Å². The van der Waals surface area contributed by atoms with Gasteiger partial charge in [0, 0.05) is 17.8 Å². The molecule has 114 valence electrons. The molecule has 0 radical (unpaired) electrons. The van der Waals surface area contributed by atoms with Crippen molar-refractivity contribution in [3.8, 4) is 0 Å². The van der Waals surface area contributed by atoms with E-state index in [2.05, 4.69) is 0 Å². The first-order valence-electron chi connectivity index (χ1n) is 7.12. The quantitative estimate of drug-likeness (QED) is 0.503. The minimum Gasteiger partial charge on any atom is -0.481 e. The molecule has 6 heteroatoms. The lowest BCUT2D eigenvalue weighted by Gasteiger charge is -2.39. The maximum Gasteiger partial charge on any atom is 0.311 e. The first-order chi connectivity index (χ1) is 9.85. The second-order valence-corrected chi connectivity index (χ2v) is 6.06. The van der Waals surface area contributed by atoms with Gasteiger partial charge >= 0.3 is 5.97 Å².